The molecular formula is C23H30N4O3. The average molecular weight is 411 g/mol. The second kappa shape index (κ2) is 9.24. The first kappa shape index (κ1) is 21.7. The molecule has 0 radical (unpaired) electrons. The van der Waals surface area contributed by atoms with Crippen LogP contribution >= 0.6 is 0 Å². The normalized spacial score (nSPS) is 13.9. The number of nitrogens with zero attached hydrogens (tertiary/aromatic N) is 3. The molecule has 3 rings (SSSR count). The number of carbonyl (C=O) groups is 2. The van der Waals surface area contributed by atoms with Gasteiger partial charge in [0.25, 0.3) is 0 Å². The van der Waals surface area contributed by atoms with Crippen LogP contribution in [-0.2, 0) is 16.0 Å². The molecule has 2 aromatic rings. The number of aromatic nitrogens is 2. The second-order valence-electron chi connectivity index (χ2n) is 8.92. The van der Waals surface area contributed by atoms with Crippen molar-refractivity contribution in [1.82, 2.24) is 9.97 Å². The van der Waals surface area contributed by atoms with Gasteiger partial charge in [-0.2, -0.15) is 0 Å². The molecule has 1 saturated heterocycles. The van der Waals surface area contributed by atoms with Crippen molar-refractivity contribution in [3.8, 4) is 5.75 Å². The van der Waals surface area contributed by atoms with Gasteiger partial charge in [0.2, 0.25) is 5.91 Å². The van der Waals surface area contributed by atoms with E-state index in [1.165, 1.54) is 6.92 Å². The SMILES string of the molecule is CC(=O)Oc1cnc(Cc2ccc(NC(=O)CC(C)(C)C)cc2)nc1N1CCCC1. The highest BCUT2D eigenvalue weighted by Gasteiger charge is 2.21. The summed E-state index contributed by atoms with van der Waals surface area (Å²) in [7, 11) is 0. The fraction of sp³-hybridized carbons (Fsp3) is 0.478. The van der Waals surface area contributed by atoms with Gasteiger partial charge in [-0.15, -0.1) is 0 Å². The van der Waals surface area contributed by atoms with Crippen LogP contribution in [-0.4, -0.2) is 34.9 Å². The van der Waals surface area contributed by atoms with Crippen LogP contribution in [0.15, 0.2) is 30.5 Å². The molecule has 0 bridgehead atoms. The topological polar surface area (TPSA) is 84.4 Å². The zero-order chi connectivity index (χ0) is 21.7. The number of benzene rings is 1. The van der Waals surface area contributed by atoms with Gasteiger partial charge in [0, 0.05) is 38.5 Å². The average Bonchev–Trinajstić information content (AvgIpc) is 3.17. The molecule has 1 aliphatic heterocycles. The molecule has 2 heterocycles. The van der Waals surface area contributed by atoms with E-state index in [2.05, 4.69) is 20.2 Å². The summed E-state index contributed by atoms with van der Waals surface area (Å²) < 4.78 is 5.30. The molecule has 0 unspecified atom stereocenters. The lowest BCUT2D eigenvalue weighted by Gasteiger charge is -2.19. The van der Waals surface area contributed by atoms with Crippen molar-refractivity contribution >= 4 is 23.4 Å². The van der Waals surface area contributed by atoms with E-state index in [0.717, 1.165) is 37.2 Å². The van der Waals surface area contributed by atoms with Crippen molar-refractivity contribution in [2.75, 3.05) is 23.3 Å². The number of esters is 1. The predicted molar refractivity (Wildman–Crippen MR) is 117 cm³/mol. The van der Waals surface area contributed by atoms with E-state index in [-0.39, 0.29) is 17.3 Å². The summed E-state index contributed by atoms with van der Waals surface area (Å²) in [5.41, 5.74) is 1.76. The molecule has 0 atom stereocenters. The Labute approximate surface area is 177 Å². The van der Waals surface area contributed by atoms with Gasteiger partial charge >= 0.3 is 5.97 Å². The number of nitrogens with one attached hydrogen (secondary N) is 1. The van der Waals surface area contributed by atoms with E-state index in [1.807, 2.05) is 45.0 Å². The molecule has 1 amide bonds. The van der Waals surface area contributed by atoms with Crippen LogP contribution in [0.25, 0.3) is 0 Å². The lowest BCUT2D eigenvalue weighted by atomic mass is 9.92. The van der Waals surface area contributed by atoms with Gasteiger partial charge in [-0.05, 0) is 36.0 Å². The minimum Gasteiger partial charge on any atom is -0.421 e. The van der Waals surface area contributed by atoms with Crippen LogP contribution in [0.2, 0.25) is 0 Å². The fourth-order valence-electron chi connectivity index (χ4n) is 3.44. The third-order valence-corrected chi connectivity index (χ3v) is 4.74. The van der Waals surface area contributed by atoms with Gasteiger partial charge in [0.05, 0.1) is 6.20 Å². The maximum atomic E-state index is 12.1. The Hall–Kier alpha value is -2.96. The molecule has 7 heteroatoms. The Bertz CT molecular complexity index is 898. The van der Waals surface area contributed by atoms with Gasteiger partial charge in [0.15, 0.2) is 11.6 Å². The maximum absolute atomic E-state index is 12.1. The molecule has 0 spiro atoms. The first-order valence-corrected chi connectivity index (χ1v) is 10.4. The predicted octanol–water partition coefficient (Wildman–Crippen LogP) is 3.97. The largest absolute Gasteiger partial charge is 0.421 e. The summed E-state index contributed by atoms with van der Waals surface area (Å²) in [6.07, 6.45) is 4.80. The lowest BCUT2D eigenvalue weighted by Crippen LogP contribution is -2.21. The number of carbonyl (C=O) groups excluding carboxylic acids is 2. The third kappa shape index (κ3) is 6.27. The van der Waals surface area contributed by atoms with Crippen molar-refractivity contribution in [1.29, 1.82) is 0 Å². The summed E-state index contributed by atoms with van der Waals surface area (Å²) in [6.45, 7) is 9.29. The van der Waals surface area contributed by atoms with Gasteiger partial charge < -0.3 is 15.0 Å². The summed E-state index contributed by atoms with van der Waals surface area (Å²) in [5, 5.41) is 2.94. The molecule has 0 aliphatic carbocycles. The number of rotatable bonds is 6. The highest BCUT2D eigenvalue weighted by atomic mass is 16.5. The van der Waals surface area contributed by atoms with E-state index in [1.54, 1.807) is 6.20 Å². The van der Waals surface area contributed by atoms with Gasteiger partial charge in [-0.3, -0.25) is 9.59 Å². The minimum atomic E-state index is -0.379. The molecule has 0 saturated carbocycles. The monoisotopic (exact) mass is 410 g/mol. The molecule has 1 aromatic carbocycles. The molecule has 160 valence electrons. The van der Waals surface area contributed by atoms with Crippen LogP contribution < -0.4 is 15.0 Å². The van der Waals surface area contributed by atoms with Crippen molar-refractivity contribution in [2.24, 2.45) is 5.41 Å². The molecule has 1 fully saturated rings. The number of hydrogen-bond acceptors (Lipinski definition) is 6. The van der Waals surface area contributed by atoms with Gasteiger partial charge in [0.1, 0.15) is 5.82 Å². The Morgan fingerprint density at radius 1 is 1.13 bits per heavy atom. The lowest BCUT2D eigenvalue weighted by molar-refractivity contribution is -0.131. The number of anilines is 2. The van der Waals surface area contributed by atoms with Crippen LogP contribution in [0, 0.1) is 5.41 Å². The number of ether oxygens (including phenoxy) is 1. The van der Waals surface area contributed by atoms with Crippen molar-refractivity contribution in [3.05, 3.63) is 41.9 Å². The molecule has 1 aromatic heterocycles. The summed E-state index contributed by atoms with van der Waals surface area (Å²) >= 11 is 0. The number of hydrogen-bond donors (Lipinski definition) is 1. The number of amides is 1. The van der Waals surface area contributed by atoms with Crippen LogP contribution in [0.5, 0.6) is 5.75 Å². The first-order chi connectivity index (χ1) is 14.2. The van der Waals surface area contributed by atoms with Crippen molar-refractivity contribution < 1.29 is 14.3 Å². The highest BCUT2D eigenvalue weighted by Crippen LogP contribution is 2.29. The molecule has 1 aliphatic rings. The Kier molecular flexibility index (Phi) is 6.70. The van der Waals surface area contributed by atoms with Crippen molar-refractivity contribution in [2.45, 2.75) is 53.4 Å². The van der Waals surface area contributed by atoms with Gasteiger partial charge in [-0.25, -0.2) is 9.97 Å². The molecule has 30 heavy (non-hydrogen) atoms. The Morgan fingerprint density at radius 3 is 2.40 bits per heavy atom. The zero-order valence-corrected chi connectivity index (χ0v) is 18.2. The molecule has 1 N–H and O–H groups in total. The maximum Gasteiger partial charge on any atom is 0.308 e. The Balaban J connectivity index is 1.70. The van der Waals surface area contributed by atoms with E-state index in [4.69, 9.17) is 4.74 Å². The standard InChI is InChI=1S/C23H30N4O3/c1-16(28)30-19-15-24-20(26-22(19)27-11-5-6-12-27)13-17-7-9-18(10-8-17)25-21(29)14-23(2,3)4/h7-10,15H,5-6,11-14H2,1-4H3,(H,25,29). The van der Waals surface area contributed by atoms with E-state index in [9.17, 15) is 9.59 Å². The van der Waals surface area contributed by atoms with Crippen LogP contribution in [0.1, 0.15) is 58.3 Å². The smallest absolute Gasteiger partial charge is 0.308 e. The van der Waals surface area contributed by atoms with E-state index < -0.39 is 0 Å². The molecule has 7 nitrogen and oxygen atoms in total. The first-order valence-electron chi connectivity index (χ1n) is 10.4. The van der Waals surface area contributed by atoms with Crippen molar-refractivity contribution in [3.63, 3.8) is 0 Å². The quantitative estimate of drug-likeness (QED) is 0.726. The van der Waals surface area contributed by atoms with Gasteiger partial charge in [-0.1, -0.05) is 32.9 Å². The van der Waals surface area contributed by atoms with Crippen LogP contribution in [0.3, 0.4) is 0 Å². The third-order valence-electron chi connectivity index (χ3n) is 4.74. The highest BCUT2D eigenvalue weighted by molar-refractivity contribution is 5.91. The Morgan fingerprint density at radius 2 is 1.80 bits per heavy atom. The summed E-state index contributed by atoms with van der Waals surface area (Å²) in [4.78, 5) is 34.7. The second-order valence-corrected chi connectivity index (χ2v) is 8.92. The summed E-state index contributed by atoms with van der Waals surface area (Å²) in [5.74, 6) is 1.38. The molecular weight excluding hydrogens is 380 g/mol. The van der Waals surface area contributed by atoms with Crippen LogP contribution in [0.4, 0.5) is 11.5 Å². The van der Waals surface area contributed by atoms with E-state index >= 15 is 0 Å². The fourth-order valence-corrected chi connectivity index (χ4v) is 3.44. The zero-order valence-electron chi connectivity index (χ0n) is 18.2. The van der Waals surface area contributed by atoms with E-state index in [0.29, 0.717) is 30.2 Å². The minimum absolute atomic E-state index is 0.00917. The summed E-state index contributed by atoms with van der Waals surface area (Å²) in [6, 6.07) is 7.71.